The molecule has 0 atom stereocenters. The predicted molar refractivity (Wildman–Crippen MR) is 47.8 cm³/mol. The molecule has 2 amide bonds. The average molecular weight is 169 g/mol. The summed E-state index contributed by atoms with van der Waals surface area (Å²) >= 11 is 0. The summed E-state index contributed by atoms with van der Waals surface area (Å²) in [5.74, 6) is 0. The largest absolute Gasteiger partial charge is 0.351 e. The van der Waals surface area contributed by atoms with E-state index in [2.05, 4.69) is 11.5 Å². The fraction of sp³-hybridized carbons (Fsp3) is 0.625. The highest BCUT2D eigenvalue weighted by Crippen LogP contribution is 2.00. The van der Waals surface area contributed by atoms with E-state index >= 15 is 0 Å². The first-order valence-electron chi connectivity index (χ1n) is 4.11. The van der Waals surface area contributed by atoms with Gasteiger partial charge in [0.1, 0.15) is 0 Å². The number of primary amides is 1. The Hall–Kier alpha value is -1.03. The third kappa shape index (κ3) is 2.23. The second-order valence-electron chi connectivity index (χ2n) is 2.91. The SMILES string of the molecule is C=CCN1CCN(C(N)=O)CC1. The molecular weight excluding hydrogens is 154 g/mol. The second kappa shape index (κ2) is 4.11. The number of urea groups is 1. The molecule has 4 heteroatoms. The van der Waals surface area contributed by atoms with Crippen LogP contribution in [0.1, 0.15) is 0 Å². The van der Waals surface area contributed by atoms with Gasteiger partial charge in [0.25, 0.3) is 0 Å². The minimum Gasteiger partial charge on any atom is -0.351 e. The number of nitrogens with two attached hydrogens (primary N) is 1. The van der Waals surface area contributed by atoms with Gasteiger partial charge in [-0.05, 0) is 0 Å². The highest BCUT2D eigenvalue weighted by molar-refractivity contribution is 5.72. The normalized spacial score (nSPS) is 19.2. The summed E-state index contributed by atoms with van der Waals surface area (Å²) < 4.78 is 0. The van der Waals surface area contributed by atoms with Gasteiger partial charge in [0.05, 0.1) is 0 Å². The van der Waals surface area contributed by atoms with Crippen molar-refractivity contribution in [2.75, 3.05) is 32.7 Å². The van der Waals surface area contributed by atoms with Crippen LogP contribution in [-0.2, 0) is 0 Å². The van der Waals surface area contributed by atoms with Crippen molar-refractivity contribution < 1.29 is 4.79 Å². The summed E-state index contributed by atoms with van der Waals surface area (Å²) in [4.78, 5) is 14.6. The van der Waals surface area contributed by atoms with Crippen molar-refractivity contribution in [3.8, 4) is 0 Å². The molecule has 68 valence electrons. The second-order valence-corrected chi connectivity index (χ2v) is 2.91. The topological polar surface area (TPSA) is 49.6 Å². The highest BCUT2D eigenvalue weighted by atomic mass is 16.2. The van der Waals surface area contributed by atoms with Gasteiger partial charge >= 0.3 is 6.03 Å². The van der Waals surface area contributed by atoms with Gasteiger partial charge < -0.3 is 10.6 Å². The van der Waals surface area contributed by atoms with Crippen LogP contribution < -0.4 is 5.73 Å². The Morgan fingerprint density at radius 2 is 2.00 bits per heavy atom. The Balaban J connectivity index is 2.29. The number of piperazine rings is 1. The Morgan fingerprint density at radius 3 is 2.42 bits per heavy atom. The van der Waals surface area contributed by atoms with Crippen molar-refractivity contribution in [1.82, 2.24) is 9.80 Å². The van der Waals surface area contributed by atoms with Crippen LogP contribution >= 0.6 is 0 Å². The summed E-state index contributed by atoms with van der Waals surface area (Å²) in [5, 5.41) is 0. The monoisotopic (exact) mass is 169 g/mol. The molecule has 0 saturated carbocycles. The molecule has 0 aliphatic carbocycles. The first kappa shape index (κ1) is 9.06. The lowest BCUT2D eigenvalue weighted by Gasteiger charge is -2.32. The number of amides is 2. The zero-order chi connectivity index (χ0) is 8.97. The Morgan fingerprint density at radius 1 is 1.42 bits per heavy atom. The van der Waals surface area contributed by atoms with E-state index in [-0.39, 0.29) is 6.03 Å². The first-order valence-corrected chi connectivity index (χ1v) is 4.11. The lowest BCUT2D eigenvalue weighted by molar-refractivity contribution is 0.153. The Bertz CT molecular complexity index is 173. The molecule has 4 nitrogen and oxygen atoms in total. The Kier molecular flexibility index (Phi) is 3.10. The molecule has 1 rings (SSSR count). The van der Waals surface area contributed by atoms with E-state index in [1.165, 1.54) is 0 Å². The van der Waals surface area contributed by atoms with Crippen LogP contribution in [0.3, 0.4) is 0 Å². The van der Waals surface area contributed by atoms with Gasteiger partial charge in [0.15, 0.2) is 0 Å². The van der Waals surface area contributed by atoms with Crippen LogP contribution in [0.15, 0.2) is 12.7 Å². The molecule has 1 heterocycles. The van der Waals surface area contributed by atoms with Crippen molar-refractivity contribution in [2.45, 2.75) is 0 Å². The number of rotatable bonds is 2. The van der Waals surface area contributed by atoms with Gasteiger partial charge in [0, 0.05) is 32.7 Å². The van der Waals surface area contributed by atoms with Gasteiger partial charge in [-0.1, -0.05) is 6.08 Å². The maximum Gasteiger partial charge on any atom is 0.314 e. The molecular formula is C8H15N3O. The quantitative estimate of drug-likeness (QED) is 0.585. The average Bonchev–Trinajstić information content (AvgIpc) is 2.06. The van der Waals surface area contributed by atoms with Crippen LogP contribution in [0.5, 0.6) is 0 Å². The molecule has 0 spiro atoms. The minimum atomic E-state index is -0.312. The number of hydrogen-bond donors (Lipinski definition) is 1. The smallest absolute Gasteiger partial charge is 0.314 e. The molecule has 0 aromatic carbocycles. The van der Waals surface area contributed by atoms with Gasteiger partial charge in [-0.3, -0.25) is 4.90 Å². The molecule has 1 aliphatic rings. The van der Waals surface area contributed by atoms with E-state index in [0.717, 1.165) is 32.7 Å². The summed E-state index contributed by atoms with van der Waals surface area (Å²) in [6.45, 7) is 7.83. The van der Waals surface area contributed by atoms with Crippen LogP contribution in [-0.4, -0.2) is 48.6 Å². The van der Waals surface area contributed by atoms with Crippen LogP contribution in [0.25, 0.3) is 0 Å². The molecule has 12 heavy (non-hydrogen) atoms. The van der Waals surface area contributed by atoms with Gasteiger partial charge in [0.2, 0.25) is 0 Å². The highest BCUT2D eigenvalue weighted by Gasteiger charge is 2.17. The van der Waals surface area contributed by atoms with E-state index in [4.69, 9.17) is 5.73 Å². The fourth-order valence-electron chi connectivity index (χ4n) is 1.33. The third-order valence-electron chi connectivity index (χ3n) is 2.07. The fourth-order valence-corrected chi connectivity index (χ4v) is 1.33. The molecule has 0 aromatic rings. The molecule has 1 fully saturated rings. The number of carbonyl (C=O) groups excluding carboxylic acids is 1. The molecule has 1 aliphatic heterocycles. The van der Waals surface area contributed by atoms with Crippen molar-refractivity contribution in [3.63, 3.8) is 0 Å². The third-order valence-corrected chi connectivity index (χ3v) is 2.07. The minimum absolute atomic E-state index is 0.312. The van der Waals surface area contributed by atoms with E-state index in [1.807, 2.05) is 6.08 Å². The van der Waals surface area contributed by atoms with Gasteiger partial charge in [-0.15, -0.1) is 6.58 Å². The molecule has 2 N–H and O–H groups in total. The van der Waals surface area contributed by atoms with E-state index in [0.29, 0.717) is 0 Å². The standard InChI is InChI=1S/C8H15N3O/c1-2-3-10-4-6-11(7-5-10)8(9)12/h2H,1,3-7H2,(H2,9,12). The molecule has 1 saturated heterocycles. The summed E-state index contributed by atoms with van der Waals surface area (Å²) in [6.07, 6.45) is 1.87. The van der Waals surface area contributed by atoms with Crippen molar-refractivity contribution in [1.29, 1.82) is 0 Å². The van der Waals surface area contributed by atoms with Gasteiger partial charge in [-0.25, -0.2) is 4.79 Å². The number of nitrogens with zero attached hydrogens (tertiary/aromatic N) is 2. The molecule has 0 unspecified atom stereocenters. The van der Waals surface area contributed by atoms with E-state index < -0.39 is 0 Å². The van der Waals surface area contributed by atoms with Crippen molar-refractivity contribution >= 4 is 6.03 Å². The summed E-state index contributed by atoms with van der Waals surface area (Å²) in [6, 6.07) is -0.312. The number of hydrogen-bond acceptors (Lipinski definition) is 2. The van der Waals surface area contributed by atoms with Crippen molar-refractivity contribution in [2.24, 2.45) is 5.73 Å². The van der Waals surface area contributed by atoms with Gasteiger partial charge in [-0.2, -0.15) is 0 Å². The molecule has 0 aromatic heterocycles. The van der Waals surface area contributed by atoms with E-state index in [1.54, 1.807) is 4.90 Å². The van der Waals surface area contributed by atoms with E-state index in [9.17, 15) is 4.79 Å². The lowest BCUT2D eigenvalue weighted by atomic mass is 10.3. The maximum absolute atomic E-state index is 10.7. The van der Waals surface area contributed by atoms with Crippen LogP contribution in [0, 0.1) is 0 Å². The lowest BCUT2D eigenvalue weighted by Crippen LogP contribution is -2.50. The van der Waals surface area contributed by atoms with Crippen LogP contribution in [0.4, 0.5) is 4.79 Å². The van der Waals surface area contributed by atoms with Crippen LogP contribution in [0.2, 0.25) is 0 Å². The van der Waals surface area contributed by atoms with Crippen molar-refractivity contribution in [3.05, 3.63) is 12.7 Å². The molecule has 0 radical (unpaired) electrons. The maximum atomic E-state index is 10.7. The summed E-state index contributed by atoms with van der Waals surface area (Å²) in [7, 11) is 0. The zero-order valence-electron chi connectivity index (χ0n) is 7.20. The number of carbonyl (C=O) groups is 1. The zero-order valence-corrected chi connectivity index (χ0v) is 7.20. The summed E-state index contributed by atoms with van der Waals surface area (Å²) in [5.41, 5.74) is 5.13. The predicted octanol–water partition coefficient (Wildman–Crippen LogP) is -0.131. The first-order chi connectivity index (χ1) is 5.74. The molecule has 0 bridgehead atoms. The Labute approximate surface area is 72.6 Å².